The molecular weight excluding hydrogens is 378 g/mol. The lowest BCUT2D eigenvalue weighted by Gasteiger charge is -2.09. The number of hydrogen-bond donors (Lipinski definition) is 3. The van der Waals surface area contributed by atoms with Gasteiger partial charge in [-0.1, -0.05) is 0 Å². The van der Waals surface area contributed by atoms with Gasteiger partial charge < -0.3 is 19.9 Å². The number of aliphatic hydroxyl groups excluding tert-OH is 1. The molecule has 0 unspecified atom stereocenters. The predicted molar refractivity (Wildman–Crippen MR) is 96.4 cm³/mol. The van der Waals surface area contributed by atoms with Crippen LogP contribution >= 0.6 is 0 Å². The van der Waals surface area contributed by atoms with Crippen LogP contribution in [0, 0.1) is 0 Å². The first-order valence-corrected chi connectivity index (χ1v) is 9.24. The highest BCUT2D eigenvalue weighted by Crippen LogP contribution is 2.17. The first-order valence-electron chi connectivity index (χ1n) is 7.87. The third-order valence-corrected chi connectivity index (χ3v) is 3.64. The van der Waals surface area contributed by atoms with Crippen LogP contribution in [0.25, 0.3) is 0 Å². The van der Waals surface area contributed by atoms with E-state index in [0.717, 1.165) is 0 Å². The van der Waals surface area contributed by atoms with Crippen molar-refractivity contribution in [1.29, 1.82) is 0 Å². The van der Waals surface area contributed by atoms with Crippen LogP contribution in [0.4, 0.5) is 5.69 Å². The van der Waals surface area contributed by atoms with Gasteiger partial charge in [-0.25, -0.2) is 4.18 Å². The molecule has 1 amide bonds. The van der Waals surface area contributed by atoms with Crippen molar-refractivity contribution in [2.24, 2.45) is 0 Å². The molecule has 0 aromatic heterocycles. The summed E-state index contributed by atoms with van der Waals surface area (Å²) < 4.78 is 43.8. The Balaban J connectivity index is 1.83. The van der Waals surface area contributed by atoms with E-state index in [-0.39, 0.29) is 32.3 Å². The van der Waals surface area contributed by atoms with Gasteiger partial charge in [-0.15, -0.1) is 0 Å². The molecule has 0 bridgehead atoms. The summed E-state index contributed by atoms with van der Waals surface area (Å²) in [6.45, 7) is -0.303. The molecule has 0 fully saturated rings. The molecule has 3 N–H and O–H groups in total. The number of rotatable bonds is 10. The Hall–Kier alpha value is -2.66. The van der Waals surface area contributed by atoms with E-state index in [9.17, 15) is 13.2 Å². The quantitative estimate of drug-likeness (QED) is 0.406. The summed E-state index contributed by atoms with van der Waals surface area (Å²) in [6, 6.07) is 12.9. The molecule has 2 aromatic carbocycles. The smallest absolute Gasteiger partial charge is 0.397 e. The lowest BCUT2D eigenvalue weighted by Crippen LogP contribution is -2.12. The van der Waals surface area contributed by atoms with Gasteiger partial charge in [0.2, 0.25) is 0 Å². The van der Waals surface area contributed by atoms with E-state index in [1.165, 1.54) is 0 Å². The number of anilines is 1. The Labute approximate surface area is 156 Å². The fourth-order valence-electron chi connectivity index (χ4n) is 2.00. The van der Waals surface area contributed by atoms with Crippen molar-refractivity contribution in [3.8, 4) is 11.5 Å². The van der Waals surface area contributed by atoms with E-state index in [1.807, 2.05) is 0 Å². The van der Waals surface area contributed by atoms with Crippen molar-refractivity contribution < 1.29 is 36.5 Å². The molecule has 146 valence electrons. The number of ether oxygens (including phenoxy) is 2. The van der Waals surface area contributed by atoms with Crippen molar-refractivity contribution in [1.82, 2.24) is 0 Å². The molecule has 0 aliphatic heterocycles. The fourth-order valence-corrected chi connectivity index (χ4v) is 2.28. The Kier molecular flexibility index (Phi) is 7.55. The van der Waals surface area contributed by atoms with E-state index in [2.05, 4.69) is 9.50 Å². The highest BCUT2D eigenvalue weighted by Gasteiger charge is 2.07. The fraction of sp³-hybridized carbons (Fsp3) is 0.235. The topological polar surface area (TPSA) is 131 Å². The van der Waals surface area contributed by atoms with Crippen molar-refractivity contribution in [2.45, 2.75) is 0 Å². The predicted octanol–water partition coefficient (Wildman–Crippen LogP) is 1.51. The lowest BCUT2D eigenvalue weighted by atomic mass is 10.2. The van der Waals surface area contributed by atoms with Crippen LogP contribution in [0.2, 0.25) is 0 Å². The Morgan fingerprint density at radius 3 is 2.00 bits per heavy atom. The van der Waals surface area contributed by atoms with Crippen LogP contribution < -0.4 is 14.8 Å². The minimum absolute atomic E-state index is 0.0732. The normalized spacial score (nSPS) is 11.0. The molecule has 10 heteroatoms. The number of carbonyl (C=O) groups is 1. The van der Waals surface area contributed by atoms with Crippen LogP contribution in [-0.4, -0.2) is 50.4 Å². The maximum Gasteiger partial charge on any atom is 0.397 e. The van der Waals surface area contributed by atoms with Gasteiger partial charge in [0.25, 0.3) is 5.91 Å². The van der Waals surface area contributed by atoms with E-state index >= 15 is 0 Å². The summed E-state index contributed by atoms with van der Waals surface area (Å²) in [4.78, 5) is 12.2. The maximum absolute atomic E-state index is 12.2. The van der Waals surface area contributed by atoms with Crippen molar-refractivity contribution >= 4 is 22.0 Å². The molecule has 0 saturated carbocycles. The monoisotopic (exact) mass is 397 g/mol. The number of nitrogens with one attached hydrogen (secondary N) is 1. The first-order chi connectivity index (χ1) is 12.9. The second kappa shape index (κ2) is 9.88. The molecule has 27 heavy (non-hydrogen) atoms. The summed E-state index contributed by atoms with van der Waals surface area (Å²) in [5, 5.41) is 11.4. The minimum atomic E-state index is -4.48. The van der Waals surface area contributed by atoms with E-state index in [1.54, 1.807) is 48.5 Å². The maximum atomic E-state index is 12.2. The molecule has 0 aliphatic carbocycles. The summed E-state index contributed by atoms with van der Waals surface area (Å²) >= 11 is 0. The molecule has 0 saturated heterocycles. The lowest BCUT2D eigenvalue weighted by molar-refractivity contribution is 0.102. The third kappa shape index (κ3) is 7.62. The van der Waals surface area contributed by atoms with Crippen molar-refractivity contribution in [3.63, 3.8) is 0 Å². The van der Waals surface area contributed by atoms with E-state index in [0.29, 0.717) is 22.7 Å². The highest BCUT2D eigenvalue weighted by atomic mass is 32.3. The van der Waals surface area contributed by atoms with Crippen LogP contribution in [0.15, 0.2) is 48.5 Å². The van der Waals surface area contributed by atoms with Crippen LogP contribution in [0.3, 0.4) is 0 Å². The standard InChI is InChI=1S/C17H19NO8S/c19-9-10-24-15-5-1-13(2-6-15)17(20)18-14-3-7-16(8-4-14)25-11-12-26-27(21,22)23/h1-8,19H,9-12H2,(H,18,20)(H,21,22,23). The van der Waals surface area contributed by atoms with Gasteiger partial charge in [-0.3, -0.25) is 9.35 Å². The SMILES string of the molecule is O=C(Nc1ccc(OCCOS(=O)(=O)O)cc1)c1ccc(OCCO)cc1. The first kappa shape index (κ1) is 20.6. The second-order valence-electron chi connectivity index (χ2n) is 5.17. The van der Waals surface area contributed by atoms with Crippen molar-refractivity contribution in [3.05, 3.63) is 54.1 Å². The second-order valence-corrected chi connectivity index (χ2v) is 6.26. The van der Waals surface area contributed by atoms with E-state index < -0.39 is 10.4 Å². The number of benzene rings is 2. The summed E-state index contributed by atoms with van der Waals surface area (Å²) in [7, 11) is -4.48. The molecule has 0 atom stereocenters. The van der Waals surface area contributed by atoms with Gasteiger partial charge in [0, 0.05) is 11.3 Å². The molecule has 2 aromatic rings. The average Bonchev–Trinajstić information content (AvgIpc) is 2.64. The molecule has 9 nitrogen and oxygen atoms in total. The highest BCUT2D eigenvalue weighted by molar-refractivity contribution is 7.80. The molecule has 0 spiro atoms. The van der Waals surface area contributed by atoms with Gasteiger partial charge in [-0.2, -0.15) is 8.42 Å². The number of aliphatic hydroxyl groups is 1. The Bertz CT molecular complexity index is 834. The Morgan fingerprint density at radius 2 is 1.44 bits per heavy atom. The molecule has 0 heterocycles. The van der Waals surface area contributed by atoms with Gasteiger partial charge >= 0.3 is 10.4 Å². The zero-order valence-electron chi connectivity index (χ0n) is 14.2. The number of amides is 1. The number of carbonyl (C=O) groups excluding carboxylic acids is 1. The summed E-state index contributed by atoms with van der Waals surface area (Å²) in [5.41, 5.74) is 0.983. The minimum Gasteiger partial charge on any atom is -0.491 e. The largest absolute Gasteiger partial charge is 0.491 e. The third-order valence-electron chi connectivity index (χ3n) is 3.17. The zero-order valence-corrected chi connectivity index (χ0v) is 15.0. The molecule has 0 radical (unpaired) electrons. The van der Waals surface area contributed by atoms with Gasteiger partial charge in [0.05, 0.1) is 6.61 Å². The van der Waals surface area contributed by atoms with Crippen LogP contribution in [-0.2, 0) is 14.6 Å². The zero-order chi connectivity index (χ0) is 19.7. The number of hydrogen-bond acceptors (Lipinski definition) is 7. The average molecular weight is 397 g/mol. The summed E-state index contributed by atoms with van der Waals surface area (Å²) in [6.07, 6.45) is 0. The molecule has 2 rings (SSSR count). The van der Waals surface area contributed by atoms with Gasteiger partial charge in [0.1, 0.15) is 31.3 Å². The molecule has 0 aliphatic rings. The summed E-state index contributed by atoms with van der Waals surface area (Å²) in [5.74, 6) is 0.691. The van der Waals surface area contributed by atoms with Crippen LogP contribution in [0.1, 0.15) is 10.4 Å². The molecular formula is C17H19NO8S. The van der Waals surface area contributed by atoms with Crippen molar-refractivity contribution in [2.75, 3.05) is 31.7 Å². The van der Waals surface area contributed by atoms with Gasteiger partial charge in [-0.05, 0) is 48.5 Å². The Morgan fingerprint density at radius 1 is 0.889 bits per heavy atom. The van der Waals surface area contributed by atoms with E-state index in [4.69, 9.17) is 19.1 Å². The van der Waals surface area contributed by atoms with Gasteiger partial charge in [0.15, 0.2) is 0 Å². The van der Waals surface area contributed by atoms with Crippen LogP contribution in [0.5, 0.6) is 11.5 Å².